The molecule has 0 aliphatic heterocycles. The third kappa shape index (κ3) is 5.49. The Balaban J connectivity index is 1.67. The van der Waals surface area contributed by atoms with E-state index in [1.807, 2.05) is 16.7 Å². The van der Waals surface area contributed by atoms with E-state index in [4.69, 9.17) is 6.42 Å². The lowest BCUT2D eigenvalue weighted by molar-refractivity contribution is -0.128. The molecule has 0 unspecified atom stereocenters. The second kappa shape index (κ2) is 10.1. The molecule has 0 N–H and O–H groups in total. The van der Waals surface area contributed by atoms with Crippen molar-refractivity contribution < 1.29 is 9.18 Å². The van der Waals surface area contributed by atoms with Crippen LogP contribution >= 0.6 is 11.8 Å². The lowest BCUT2D eigenvalue weighted by atomic mass is 10.0. The molecular formula is C23H23FN4OS. The maximum absolute atomic E-state index is 13.1. The summed E-state index contributed by atoms with van der Waals surface area (Å²) in [7, 11) is 0. The number of thioether (sulfide) groups is 1. The normalized spacial score (nSPS) is 10.8. The van der Waals surface area contributed by atoms with E-state index in [1.165, 1.54) is 29.5 Å². The highest BCUT2D eigenvalue weighted by Gasteiger charge is 2.16. The number of benzene rings is 2. The maximum Gasteiger partial charge on any atom is 0.234 e. The van der Waals surface area contributed by atoms with Crippen molar-refractivity contribution in [2.75, 3.05) is 12.3 Å². The fourth-order valence-electron chi connectivity index (χ4n) is 2.89. The Hall–Kier alpha value is -3.11. The Kier molecular flexibility index (Phi) is 7.26. The van der Waals surface area contributed by atoms with Crippen LogP contribution in [0.25, 0.3) is 5.69 Å². The topological polar surface area (TPSA) is 51.0 Å². The predicted molar refractivity (Wildman–Crippen MR) is 117 cm³/mol. The van der Waals surface area contributed by atoms with Gasteiger partial charge in [0.1, 0.15) is 12.1 Å². The number of amides is 1. The first-order valence-electron chi connectivity index (χ1n) is 9.56. The van der Waals surface area contributed by atoms with E-state index in [2.05, 4.69) is 42.1 Å². The van der Waals surface area contributed by atoms with Crippen LogP contribution in [0, 0.1) is 18.2 Å². The molecule has 0 saturated heterocycles. The summed E-state index contributed by atoms with van der Waals surface area (Å²) < 4.78 is 15.0. The van der Waals surface area contributed by atoms with Crippen LogP contribution < -0.4 is 0 Å². The number of nitrogens with zero attached hydrogens (tertiary/aromatic N) is 4. The van der Waals surface area contributed by atoms with E-state index in [1.54, 1.807) is 23.4 Å². The average molecular weight is 423 g/mol. The van der Waals surface area contributed by atoms with Gasteiger partial charge in [-0.15, -0.1) is 16.6 Å². The molecule has 0 atom stereocenters. The molecule has 1 heterocycles. The van der Waals surface area contributed by atoms with Crippen LogP contribution in [0.1, 0.15) is 30.9 Å². The molecule has 1 aromatic heterocycles. The molecule has 3 rings (SSSR count). The van der Waals surface area contributed by atoms with E-state index >= 15 is 0 Å². The molecule has 0 spiro atoms. The Morgan fingerprint density at radius 2 is 1.90 bits per heavy atom. The summed E-state index contributed by atoms with van der Waals surface area (Å²) in [6.07, 6.45) is 7.07. The van der Waals surface area contributed by atoms with Crippen molar-refractivity contribution in [3.63, 3.8) is 0 Å². The Morgan fingerprint density at radius 3 is 2.53 bits per heavy atom. The summed E-state index contributed by atoms with van der Waals surface area (Å²) in [4.78, 5) is 14.3. The van der Waals surface area contributed by atoms with Crippen molar-refractivity contribution in [1.82, 2.24) is 19.7 Å². The maximum atomic E-state index is 13.1. The van der Waals surface area contributed by atoms with Gasteiger partial charge in [0, 0.05) is 12.2 Å². The van der Waals surface area contributed by atoms with E-state index in [0.29, 0.717) is 17.6 Å². The zero-order chi connectivity index (χ0) is 21.5. The van der Waals surface area contributed by atoms with Gasteiger partial charge in [-0.2, -0.15) is 0 Å². The molecule has 0 aliphatic carbocycles. The fraction of sp³-hybridized carbons (Fsp3) is 0.261. The number of hydrogen-bond donors (Lipinski definition) is 0. The number of aromatic nitrogens is 3. The summed E-state index contributed by atoms with van der Waals surface area (Å²) in [5.74, 6) is 2.71. The lowest BCUT2D eigenvalue weighted by Crippen LogP contribution is -2.32. The van der Waals surface area contributed by atoms with Crippen molar-refractivity contribution >= 4 is 17.7 Å². The van der Waals surface area contributed by atoms with Crippen LogP contribution in [0.5, 0.6) is 0 Å². The highest BCUT2D eigenvalue weighted by atomic mass is 32.2. The fourth-order valence-corrected chi connectivity index (χ4v) is 3.72. The van der Waals surface area contributed by atoms with Gasteiger partial charge in [-0.1, -0.05) is 55.8 Å². The van der Waals surface area contributed by atoms with Gasteiger partial charge < -0.3 is 4.90 Å². The summed E-state index contributed by atoms with van der Waals surface area (Å²) in [6.45, 7) is 4.80. The monoisotopic (exact) mass is 422 g/mol. The zero-order valence-electron chi connectivity index (χ0n) is 17.0. The number of hydrogen-bond acceptors (Lipinski definition) is 4. The molecule has 7 heteroatoms. The molecule has 0 fully saturated rings. The minimum atomic E-state index is -0.315. The first-order valence-corrected chi connectivity index (χ1v) is 10.6. The van der Waals surface area contributed by atoms with Crippen LogP contribution in [0.4, 0.5) is 4.39 Å². The largest absolute Gasteiger partial charge is 0.327 e. The van der Waals surface area contributed by atoms with Gasteiger partial charge >= 0.3 is 0 Å². The standard InChI is InChI=1S/C23H23FN4OS/c1-4-13-27(14-18-5-9-20(24)10-6-18)22(29)15-30-23-26-25-16-28(23)21-11-7-19(8-12-21)17(2)3/h1,5-12,16-17H,13-15H2,2-3H3. The smallest absolute Gasteiger partial charge is 0.234 e. The zero-order valence-corrected chi connectivity index (χ0v) is 17.8. The highest BCUT2D eigenvalue weighted by molar-refractivity contribution is 7.99. The molecule has 154 valence electrons. The molecule has 5 nitrogen and oxygen atoms in total. The number of carbonyl (C=O) groups excluding carboxylic acids is 1. The number of rotatable bonds is 8. The van der Waals surface area contributed by atoms with Crippen LogP contribution in [0.2, 0.25) is 0 Å². The molecule has 0 saturated carbocycles. The Bertz CT molecular complexity index is 1020. The van der Waals surface area contributed by atoms with Gasteiger partial charge in [-0.05, 0) is 41.3 Å². The van der Waals surface area contributed by atoms with Crippen molar-refractivity contribution in [1.29, 1.82) is 0 Å². The van der Waals surface area contributed by atoms with Gasteiger partial charge in [0.05, 0.1) is 12.3 Å². The molecule has 0 aliphatic rings. The number of halogens is 1. The van der Waals surface area contributed by atoms with Crippen molar-refractivity contribution in [2.24, 2.45) is 0 Å². The van der Waals surface area contributed by atoms with E-state index in [-0.39, 0.29) is 24.0 Å². The van der Waals surface area contributed by atoms with E-state index < -0.39 is 0 Å². The second-order valence-electron chi connectivity index (χ2n) is 7.10. The summed E-state index contributed by atoms with van der Waals surface area (Å²) in [5, 5.41) is 8.76. The molecule has 1 amide bonds. The third-order valence-electron chi connectivity index (χ3n) is 4.60. The number of terminal acetylenes is 1. The SMILES string of the molecule is C#CCN(Cc1ccc(F)cc1)C(=O)CSc1nncn1-c1ccc(C(C)C)cc1. The molecule has 2 aromatic carbocycles. The van der Waals surface area contributed by atoms with Crippen LogP contribution in [-0.2, 0) is 11.3 Å². The molecule has 0 radical (unpaired) electrons. The molecule has 0 bridgehead atoms. The van der Waals surface area contributed by atoms with Crippen LogP contribution in [0.3, 0.4) is 0 Å². The van der Waals surface area contributed by atoms with Crippen molar-refractivity contribution in [2.45, 2.75) is 31.5 Å². The minimum absolute atomic E-state index is 0.119. The minimum Gasteiger partial charge on any atom is -0.327 e. The van der Waals surface area contributed by atoms with Gasteiger partial charge in [0.25, 0.3) is 0 Å². The third-order valence-corrected chi connectivity index (χ3v) is 5.53. The Morgan fingerprint density at radius 1 is 1.20 bits per heavy atom. The molecular weight excluding hydrogens is 399 g/mol. The number of carbonyl (C=O) groups is 1. The van der Waals surface area contributed by atoms with Gasteiger partial charge in [0.2, 0.25) is 5.91 Å². The van der Waals surface area contributed by atoms with Gasteiger partial charge in [0.15, 0.2) is 5.16 Å². The van der Waals surface area contributed by atoms with Crippen LogP contribution in [-0.4, -0.2) is 37.9 Å². The van der Waals surface area contributed by atoms with E-state index in [9.17, 15) is 9.18 Å². The summed E-state index contributed by atoms with van der Waals surface area (Å²) >= 11 is 1.30. The quantitative estimate of drug-likeness (QED) is 0.402. The first-order chi connectivity index (χ1) is 14.5. The van der Waals surface area contributed by atoms with Crippen molar-refractivity contribution in [3.05, 3.63) is 71.8 Å². The lowest BCUT2D eigenvalue weighted by Gasteiger charge is -2.20. The van der Waals surface area contributed by atoms with Crippen LogP contribution in [0.15, 0.2) is 60.0 Å². The van der Waals surface area contributed by atoms with Gasteiger partial charge in [-0.3, -0.25) is 9.36 Å². The van der Waals surface area contributed by atoms with E-state index in [0.717, 1.165) is 11.3 Å². The van der Waals surface area contributed by atoms with Crippen molar-refractivity contribution in [3.8, 4) is 18.0 Å². The van der Waals surface area contributed by atoms with Gasteiger partial charge in [-0.25, -0.2) is 4.39 Å². The highest BCUT2D eigenvalue weighted by Crippen LogP contribution is 2.22. The average Bonchev–Trinajstić information content (AvgIpc) is 3.22. The first kappa shape index (κ1) is 21.6. The Labute approximate surface area is 180 Å². The molecule has 30 heavy (non-hydrogen) atoms. The molecule has 3 aromatic rings. The second-order valence-corrected chi connectivity index (χ2v) is 8.04. The summed E-state index contributed by atoms with van der Waals surface area (Å²) in [6, 6.07) is 14.2. The summed E-state index contributed by atoms with van der Waals surface area (Å²) in [5.41, 5.74) is 3.01. The predicted octanol–water partition coefficient (Wildman–Crippen LogP) is 4.28.